The van der Waals surface area contributed by atoms with Gasteiger partial charge in [-0.3, -0.25) is 13.9 Å². The monoisotopic (exact) mass is 635 g/mol. The predicted molar refractivity (Wildman–Crippen MR) is 165 cm³/mol. The van der Waals surface area contributed by atoms with Crippen LogP contribution in [-0.4, -0.2) is 58.0 Å². The minimum atomic E-state index is -4.29. The maximum Gasteiger partial charge on any atom is 0.264 e. The molecule has 0 saturated heterocycles. The lowest BCUT2D eigenvalue weighted by Crippen LogP contribution is -2.52. The second-order valence-electron chi connectivity index (χ2n) is 9.61. The summed E-state index contributed by atoms with van der Waals surface area (Å²) < 4.78 is 39.9. The van der Waals surface area contributed by atoms with E-state index in [-0.39, 0.29) is 34.8 Å². The van der Waals surface area contributed by atoms with Crippen LogP contribution in [0.5, 0.6) is 11.5 Å². The minimum Gasteiger partial charge on any atom is -0.497 e. The Morgan fingerprint density at radius 1 is 0.952 bits per heavy atom. The fraction of sp³-hybridized carbons (Fsp3) is 0.333. The van der Waals surface area contributed by atoms with Gasteiger partial charge in [0.05, 0.1) is 24.8 Å². The van der Waals surface area contributed by atoms with E-state index in [9.17, 15) is 18.0 Å². The Labute approximate surface area is 257 Å². The summed E-state index contributed by atoms with van der Waals surface area (Å²) in [5.41, 5.74) is 0.629. The second kappa shape index (κ2) is 14.6. The maximum absolute atomic E-state index is 14.1. The predicted octanol–water partition coefficient (Wildman–Crippen LogP) is 5.54. The molecule has 2 atom stereocenters. The lowest BCUT2D eigenvalue weighted by molar-refractivity contribution is -0.139. The summed E-state index contributed by atoms with van der Waals surface area (Å²) in [4.78, 5) is 28.6. The molecule has 3 aromatic rings. The number of anilines is 1. The third kappa shape index (κ3) is 7.87. The number of hydrogen-bond donors (Lipinski definition) is 1. The van der Waals surface area contributed by atoms with Crippen molar-refractivity contribution in [3.8, 4) is 11.5 Å². The Morgan fingerprint density at radius 2 is 1.64 bits per heavy atom. The van der Waals surface area contributed by atoms with Crippen molar-refractivity contribution < 1.29 is 27.5 Å². The first-order valence-corrected chi connectivity index (χ1v) is 15.5. The Kier molecular flexibility index (Phi) is 11.5. The summed E-state index contributed by atoms with van der Waals surface area (Å²) >= 11 is 12.5. The molecule has 1 N–H and O–H groups in total. The van der Waals surface area contributed by atoms with Crippen LogP contribution >= 0.6 is 23.2 Å². The summed E-state index contributed by atoms with van der Waals surface area (Å²) in [5, 5.41) is 3.61. The molecule has 0 aliphatic rings. The first-order valence-electron chi connectivity index (χ1n) is 13.3. The first kappa shape index (κ1) is 33.0. The number of ether oxygens (including phenoxy) is 2. The number of sulfonamides is 1. The fourth-order valence-electron chi connectivity index (χ4n) is 4.11. The van der Waals surface area contributed by atoms with E-state index in [2.05, 4.69) is 5.32 Å². The van der Waals surface area contributed by atoms with Crippen LogP contribution in [0.3, 0.4) is 0 Å². The smallest absolute Gasteiger partial charge is 0.264 e. The van der Waals surface area contributed by atoms with Crippen molar-refractivity contribution in [2.75, 3.05) is 25.1 Å². The molecule has 0 aliphatic heterocycles. The van der Waals surface area contributed by atoms with E-state index in [1.54, 1.807) is 49.4 Å². The van der Waals surface area contributed by atoms with Gasteiger partial charge in [0.2, 0.25) is 11.8 Å². The quantitative estimate of drug-likeness (QED) is 0.264. The van der Waals surface area contributed by atoms with Gasteiger partial charge in [-0.2, -0.15) is 0 Å². The van der Waals surface area contributed by atoms with Gasteiger partial charge in [0.1, 0.15) is 24.1 Å². The van der Waals surface area contributed by atoms with Crippen LogP contribution in [0.25, 0.3) is 0 Å². The van der Waals surface area contributed by atoms with Crippen molar-refractivity contribution >= 4 is 50.7 Å². The van der Waals surface area contributed by atoms with Crippen LogP contribution in [-0.2, 0) is 26.2 Å². The molecule has 42 heavy (non-hydrogen) atoms. The maximum atomic E-state index is 14.1. The van der Waals surface area contributed by atoms with Crippen LogP contribution in [0.4, 0.5) is 5.69 Å². The zero-order valence-corrected chi connectivity index (χ0v) is 26.5. The molecule has 0 spiro atoms. The summed E-state index contributed by atoms with van der Waals surface area (Å²) in [6.07, 6.45) is 0.689. The standard InChI is InChI=1S/C30H35Cl2N3O6S/c1-6-20(2)33-30(37)21(3)34(18-22-12-13-23(31)16-26(22)32)29(36)19-35(42(38,39)25-10-8-7-9-11-25)27-17-24(40-4)14-15-28(27)41-5/h7-17,20-21H,6,18-19H2,1-5H3,(H,33,37). The molecule has 0 aromatic heterocycles. The van der Waals surface area contributed by atoms with E-state index in [1.807, 2.05) is 13.8 Å². The van der Waals surface area contributed by atoms with Gasteiger partial charge in [-0.25, -0.2) is 8.42 Å². The number of hydrogen-bond acceptors (Lipinski definition) is 6. The number of carbonyl (C=O) groups excluding carboxylic acids is 2. The molecule has 0 saturated carbocycles. The fourth-order valence-corrected chi connectivity index (χ4v) is 6.01. The highest BCUT2D eigenvalue weighted by atomic mass is 35.5. The highest BCUT2D eigenvalue weighted by Gasteiger charge is 2.34. The van der Waals surface area contributed by atoms with Gasteiger partial charge < -0.3 is 19.7 Å². The lowest BCUT2D eigenvalue weighted by atomic mass is 10.1. The number of halogens is 2. The van der Waals surface area contributed by atoms with Crippen LogP contribution in [0.15, 0.2) is 71.6 Å². The SMILES string of the molecule is CCC(C)NC(=O)C(C)N(Cc1ccc(Cl)cc1Cl)C(=O)CN(c1cc(OC)ccc1OC)S(=O)(=O)c1ccccc1. The summed E-state index contributed by atoms with van der Waals surface area (Å²) in [5.74, 6) is -0.466. The molecular formula is C30H35Cl2N3O6S. The van der Waals surface area contributed by atoms with E-state index >= 15 is 0 Å². The Bertz CT molecular complexity index is 1500. The Morgan fingerprint density at radius 3 is 2.24 bits per heavy atom. The summed E-state index contributed by atoms with van der Waals surface area (Å²) in [7, 11) is -1.44. The molecule has 3 aromatic carbocycles. The van der Waals surface area contributed by atoms with Gasteiger partial charge in [-0.15, -0.1) is 0 Å². The highest BCUT2D eigenvalue weighted by Crippen LogP contribution is 2.36. The zero-order valence-electron chi connectivity index (χ0n) is 24.1. The van der Waals surface area contributed by atoms with Crippen LogP contribution in [0, 0.1) is 0 Å². The van der Waals surface area contributed by atoms with Crippen molar-refractivity contribution in [1.82, 2.24) is 10.2 Å². The van der Waals surface area contributed by atoms with E-state index in [4.69, 9.17) is 32.7 Å². The molecule has 12 heteroatoms. The van der Waals surface area contributed by atoms with Crippen LogP contribution < -0.4 is 19.1 Å². The molecule has 0 fully saturated rings. The number of benzene rings is 3. The largest absolute Gasteiger partial charge is 0.497 e. The van der Waals surface area contributed by atoms with Crippen molar-refractivity contribution in [2.24, 2.45) is 0 Å². The molecule has 2 amide bonds. The minimum absolute atomic E-state index is 0.0301. The third-order valence-corrected chi connectivity index (χ3v) is 9.15. The first-order chi connectivity index (χ1) is 19.9. The van der Waals surface area contributed by atoms with Crippen molar-refractivity contribution in [1.29, 1.82) is 0 Å². The highest BCUT2D eigenvalue weighted by molar-refractivity contribution is 7.92. The van der Waals surface area contributed by atoms with E-state index in [1.165, 1.54) is 43.4 Å². The molecule has 226 valence electrons. The molecule has 0 aliphatic carbocycles. The van der Waals surface area contributed by atoms with Crippen molar-refractivity contribution in [3.63, 3.8) is 0 Å². The van der Waals surface area contributed by atoms with Crippen molar-refractivity contribution in [3.05, 3.63) is 82.3 Å². The number of carbonyl (C=O) groups is 2. The van der Waals surface area contributed by atoms with Gasteiger partial charge >= 0.3 is 0 Å². The number of nitrogens with zero attached hydrogens (tertiary/aromatic N) is 2. The normalized spacial score (nSPS) is 12.6. The zero-order chi connectivity index (χ0) is 31.0. The van der Waals surface area contributed by atoms with Crippen molar-refractivity contribution in [2.45, 2.75) is 50.7 Å². The second-order valence-corrected chi connectivity index (χ2v) is 12.3. The van der Waals surface area contributed by atoms with Gasteiger partial charge in [-0.05, 0) is 62.2 Å². The molecule has 3 rings (SSSR count). The average Bonchev–Trinajstić information content (AvgIpc) is 2.98. The van der Waals surface area contributed by atoms with E-state index in [0.717, 1.165) is 4.31 Å². The number of methoxy groups -OCH3 is 2. The molecule has 0 radical (unpaired) electrons. The van der Waals surface area contributed by atoms with Gasteiger partial charge in [-0.1, -0.05) is 54.4 Å². The number of amides is 2. The molecule has 0 heterocycles. The van der Waals surface area contributed by atoms with Gasteiger partial charge in [0, 0.05) is 28.7 Å². The number of rotatable bonds is 13. The van der Waals surface area contributed by atoms with Crippen LogP contribution in [0.1, 0.15) is 32.8 Å². The van der Waals surface area contributed by atoms with E-state index in [0.29, 0.717) is 27.8 Å². The molecule has 0 bridgehead atoms. The number of nitrogens with one attached hydrogen (secondary N) is 1. The topological polar surface area (TPSA) is 105 Å². The molecule has 9 nitrogen and oxygen atoms in total. The van der Waals surface area contributed by atoms with E-state index < -0.39 is 28.5 Å². The summed E-state index contributed by atoms with van der Waals surface area (Å²) in [6, 6.07) is 16.1. The third-order valence-electron chi connectivity index (χ3n) is 6.79. The molecule has 2 unspecified atom stereocenters. The average molecular weight is 637 g/mol. The lowest BCUT2D eigenvalue weighted by Gasteiger charge is -2.33. The summed E-state index contributed by atoms with van der Waals surface area (Å²) in [6.45, 7) is 4.66. The van der Waals surface area contributed by atoms with Gasteiger partial charge in [0.15, 0.2) is 0 Å². The van der Waals surface area contributed by atoms with Crippen LogP contribution in [0.2, 0.25) is 10.0 Å². The molecular weight excluding hydrogens is 601 g/mol. The van der Waals surface area contributed by atoms with Gasteiger partial charge in [0.25, 0.3) is 10.0 Å². The Hall–Kier alpha value is -3.47. The Balaban J connectivity index is 2.12.